The molecular formula is C23H21N3O4S. The van der Waals surface area contributed by atoms with Crippen LogP contribution >= 0.6 is 0 Å². The van der Waals surface area contributed by atoms with E-state index in [4.69, 9.17) is 0 Å². The van der Waals surface area contributed by atoms with E-state index in [1.54, 1.807) is 60.7 Å². The van der Waals surface area contributed by atoms with Crippen LogP contribution in [0.3, 0.4) is 0 Å². The molecule has 0 radical (unpaired) electrons. The SMILES string of the molecule is O=C(Nc1cccc(NS(=O)(=O)c2ccccc2)c1)c1cccc(NC(=O)C2CC2)c1. The Labute approximate surface area is 180 Å². The van der Waals surface area contributed by atoms with E-state index in [0.29, 0.717) is 22.6 Å². The monoisotopic (exact) mass is 435 g/mol. The average Bonchev–Trinajstić information content (AvgIpc) is 3.60. The van der Waals surface area contributed by atoms with Gasteiger partial charge >= 0.3 is 0 Å². The average molecular weight is 436 g/mol. The maximum atomic E-state index is 12.7. The molecule has 0 unspecified atom stereocenters. The lowest BCUT2D eigenvalue weighted by atomic mass is 10.1. The Kier molecular flexibility index (Phi) is 5.73. The summed E-state index contributed by atoms with van der Waals surface area (Å²) in [5, 5.41) is 5.57. The second-order valence-electron chi connectivity index (χ2n) is 7.30. The molecule has 0 bridgehead atoms. The molecule has 3 N–H and O–H groups in total. The van der Waals surface area contributed by atoms with Gasteiger partial charge < -0.3 is 10.6 Å². The molecule has 3 aromatic rings. The Morgan fingerprint density at radius 1 is 0.742 bits per heavy atom. The van der Waals surface area contributed by atoms with Crippen LogP contribution in [0.25, 0.3) is 0 Å². The lowest BCUT2D eigenvalue weighted by molar-refractivity contribution is -0.117. The largest absolute Gasteiger partial charge is 0.326 e. The minimum Gasteiger partial charge on any atom is -0.326 e. The quantitative estimate of drug-likeness (QED) is 0.520. The normalized spacial score (nSPS) is 13.3. The standard InChI is InChI=1S/C23H21N3O4S/c27-22(16-12-13-16)24-18-7-4-6-17(14-18)23(28)25-19-8-5-9-20(15-19)26-31(29,30)21-10-2-1-3-11-21/h1-11,14-16,26H,12-13H2,(H,24,27)(H,25,28). The molecule has 2 amide bonds. The first kappa shape index (κ1) is 20.6. The van der Waals surface area contributed by atoms with Crippen molar-refractivity contribution in [3.63, 3.8) is 0 Å². The minimum absolute atomic E-state index is 0.0315. The molecule has 31 heavy (non-hydrogen) atoms. The predicted octanol–water partition coefficient (Wildman–Crippen LogP) is 4.09. The minimum atomic E-state index is -3.73. The summed E-state index contributed by atoms with van der Waals surface area (Å²) >= 11 is 0. The van der Waals surface area contributed by atoms with E-state index in [1.165, 1.54) is 18.2 Å². The number of amides is 2. The third-order valence-electron chi connectivity index (χ3n) is 4.77. The molecule has 3 aromatic carbocycles. The maximum absolute atomic E-state index is 12.7. The van der Waals surface area contributed by atoms with E-state index in [9.17, 15) is 18.0 Å². The molecule has 8 heteroatoms. The van der Waals surface area contributed by atoms with Gasteiger partial charge in [0.15, 0.2) is 0 Å². The third kappa shape index (κ3) is 5.29. The van der Waals surface area contributed by atoms with Crippen LogP contribution in [0.4, 0.5) is 17.1 Å². The summed E-state index contributed by atoms with van der Waals surface area (Å²) in [5.74, 6) is -0.332. The van der Waals surface area contributed by atoms with Crippen LogP contribution in [0, 0.1) is 5.92 Å². The fourth-order valence-corrected chi connectivity index (χ4v) is 4.08. The third-order valence-corrected chi connectivity index (χ3v) is 6.16. The van der Waals surface area contributed by atoms with Gasteiger partial charge in [-0.2, -0.15) is 0 Å². The molecule has 0 heterocycles. The summed E-state index contributed by atoms with van der Waals surface area (Å²) in [6.45, 7) is 0. The highest BCUT2D eigenvalue weighted by molar-refractivity contribution is 7.92. The Morgan fingerprint density at radius 2 is 1.39 bits per heavy atom. The number of hydrogen-bond acceptors (Lipinski definition) is 4. The van der Waals surface area contributed by atoms with Gasteiger partial charge in [-0.3, -0.25) is 14.3 Å². The molecule has 1 fully saturated rings. The summed E-state index contributed by atoms with van der Waals surface area (Å²) in [5.41, 5.74) is 1.70. The van der Waals surface area contributed by atoms with Crippen molar-refractivity contribution in [2.75, 3.05) is 15.4 Å². The van der Waals surface area contributed by atoms with Crippen molar-refractivity contribution in [2.45, 2.75) is 17.7 Å². The van der Waals surface area contributed by atoms with Crippen molar-refractivity contribution in [1.82, 2.24) is 0 Å². The van der Waals surface area contributed by atoms with Gasteiger partial charge in [-0.1, -0.05) is 30.3 Å². The second kappa shape index (κ2) is 8.61. The number of carbonyl (C=O) groups excluding carboxylic acids is 2. The highest BCUT2D eigenvalue weighted by atomic mass is 32.2. The highest BCUT2D eigenvalue weighted by Crippen LogP contribution is 2.30. The van der Waals surface area contributed by atoms with Crippen molar-refractivity contribution < 1.29 is 18.0 Å². The number of sulfonamides is 1. The molecule has 158 valence electrons. The lowest BCUT2D eigenvalue weighted by Crippen LogP contribution is -2.16. The molecule has 4 rings (SSSR count). The number of benzene rings is 3. The topological polar surface area (TPSA) is 104 Å². The fourth-order valence-electron chi connectivity index (χ4n) is 3.01. The number of rotatable bonds is 7. The summed E-state index contributed by atoms with van der Waals surface area (Å²) < 4.78 is 27.5. The van der Waals surface area contributed by atoms with Crippen molar-refractivity contribution in [1.29, 1.82) is 0 Å². The summed E-state index contributed by atoms with van der Waals surface area (Å²) in [6, 6.07) is 21.2. The van der Waals surface area contributed by atoms with E-state index < -0.39 is 10.0 Å². The Hall–Kier alpha value is -3.65. The zero-order chi connectivity index (χ0) is 21.8. The van der Waals surface area contributed by atoms with Crippen molar-refractivity contribution >= 4 is 38.9 Å². The summed E-state index contributed by atoms with van der Waals surface area (Å²) in [7, 11) is -3.73. The van der Waals surface area contributed by atoms with Gasteiger partial charge in [-0.25, -0.2) is 8.42 Å². The molecule has 0 atom stereocenters. The molecular weight excluding hydrogens is 414 g/mol. The highest BCUT2D eigenvalue weighted by Gasteiger charge is 2.29. The zero-order valence-corrected chi connectivity index (χ0v) is 17.4. The first-order chi connectivity index (χ1) is 14.9. The van der Waals surface area contributed by atoms with Crippen LogP contribution in [0.15, 0.2) is 83.8 Å². The smallest absolute Gasteiger partial charge is 0.261 e. The molecule has 7 nitrogen and oxygen atoms in total. The van der Waals surface area contributed by atoms with E-state index in [2.05, 4.69) is 15.4 Å². The van der Waals surface area contributed by atoms with Crippen LogP contribution in [-0.4, -0.2) is 20.2 Å². The van der Waals surface area contributed by atoms with Gasteiger partial charge in [-0.05, 0) is 61.4 Å². The van der Waals surface area contributed by atoms with Gasteiger partial charge in [-0.15, -0.1) is 0 Å². The van der Waals surface area contributed by atoms with E-state index in [0.717, 1.165) is 12.8 Å². The molecule has 1 saturated carbocycles. The number of nitrogens with one attached hydrogen (secondary N) is 3. The first-order valence-electron chi connectivity index (χ1n) is 9.81. The number of carbonyl (C=O) groups is 2. The van der Waals surface area contributed by atoms with Crippen molar-refractivity contribution in [3.8, 4) is 0 Å². The first-order valence-corrected chi connectivity index (χ1v) is 11.3. The Bertz CT molecular complexity index is 1220. The Morgan fingerprint density at radius 3 is 2.10 bits per heavy atom. The Balaban J connectivity index is 1.45. The van der Waals surface area contributed by atoms with E-state index in [1.807, 2.05) is 0 Å². The summed E-state index contributed by atoms with van der Waals surface area (Å²) in [4.78, 5) is 24.7. The van der Waals surface area contributed by atoms with Gasteiger partial charge in [0.25, 0.3) is 15.9 Å². The van der Waals surface area contributed by atoms with Gasteiger partial charge in [0.2, 0.25) is 5.91 Å². The molecule has 1 aliphatic carbocycles. The van der Waals surface area contributed by atoms with E-state index in [-0.39, 0.29) is 22.6 Å². The van der Waals surface area contributed by atoms with Crippen LogP contribution in [0.5, 0.6) is 0 Å². The zero-order valence-electron chi connectivity index (χ0n) is 16.5. The van der Waals surface area contributed by atoms with Gasteiger partial charge in [0.1, 0.15) is 0 Å². The predicted molar refractivity (Wildman–Crippen MR) is 119 cm³/mol. The van der Waals surface area contributed by atoms with Gasteiger partial charge in [0.05, 0.1) is 10.6 Å². The van der Waals surface area contributed by atoms with Crippen molar-refractivity contribution in [2.24, 2.45) is 5.92 Å². The number of hydrogen-bond donors (Lipinski definition) is 3. The molecule has 0 saturated heterocycles. The van der Waals surface area contributed by atoms with Crippen LogP contribution < -0.4 is 15.4 Å². The van der Waals surface area contributed by atoms with Crippen LogP contribution in [-0.2, 0) is 14.8 Å². The second-order valence-corrected chi connectivity index (χ2v) is 8.98. The molecule has 0 aromatic heterocycles. The molecule has 0 aliphatic heterocycles. The molecule has 0 spiro atoms. The van der Waals surface area contributed by atoms with E-state index >= 15 is 0 Å². The van der Waals surface area contributed by atoms with Crippen molar-refractivity contribution in [3.05, 3.63) is 84.4 Å². The lowest BCUT2D eigenvalue weighted by Gasteiger charge is -2.11. The number of anilines is 3. The van der Waals surface area contributed by atoms with Gasteiger partial charge in [0, 0.05) is 22.9 Å². The van der Waals surface area contributed by atoms with Crippen LogP contribution in [0.2, 0.25) is 0 Å². The maximum Gasteiger partial charge on any atom is 0.261 e. The fraction of sp³-hybridized carbons (Fsp3) is 0.130. The molecule has 1 aliphatic rings. The van der Waals surface area contributed by atoms with Crippen LogP contribution in [0.1, 0.15) is 23.2 Å². The summed E-state index contributed by atoms with van der Waals surface area (Å²) in [6.07, 6.45) is 1.80.